The summed E-state index contributed by atoms with van der Waals surface area (Å²) in [5.41, 5.74) is 4.27. The van der Waals surface area contributed by atoms with Gasteiger partial charge in [-0.3, -0.25) is 4.79 Å². The lowest BCUT2D eigenvalue weighted by Gasteiger charge is -2.07. The van der Waals surface area contributed by atoms with Crippen molar-refractivity contribution in [2.45, 2.75) is 0 Å². The van der Waals surface area contributed by atoms with Crippen molar-refractivity contribution in [3.05, 3.63) is 52.1 Å². The van der Waals surface area contributed by atoms with E-state index in [2.05, 4.69) is 26.2 Å². The van der Waals surface area contributed by atoms with E-state index in [-0.39, 0.29) is 11.5 Å². The average molecular weight is 328 g/mol. The van der Waals surface area contributed by atoms with Crippen LogP contribution >= 0.6 is 15.9 Å². The van der Waals surface area contributed by atoms with Gasteiger partial charge in [0.1, 0.15) is 17.2 Å². The molecule has 0 radical (unpaired) electrons. The molecule has 0 atom stereocenters. The fraction of sp³-hybridized carbons (Fsp3) is 0. The van der Waals surface area contributed by atoms with Gasteiger partial charge in [-0.25, -0.2) is 13.8 Å². The van der Waals surface area contributed by atoms with Crippen LogP contribution < -0.4 is 11.1 Å². The summed E-state index contributed by atoms with van der Waals surface area (Å²) in [7, 11) is 0. The first-order chi connectivity index (χ1) is 8.99. The molecule has 19 heavy (non-hydrogen) atoms. The Bertz CT molecular complexity index is 632. The van der Waals surface area contributed by atoms with Gasteiger partial charge in [0.05, 0.1) is 5.69 Å². The van der Waals surface area contributed by atoms with E-state index in [9.17, 15) is 13.6 Å². The topological polar surface area (TPSA) is 68.0 Å². The van der Waals surface area contributed by atoms with E-state index < -0.39 is 23.1 Å². The molecule has 3 N–H and O–H groups in total. The number of pyridine rings is 1. The first-order valence-corrected chi connectivity index (χ1v) is 5.94. The van der Waals surface area contributed by atoms with Gasteiger partial charge >= 0.3 is 0 Å². The van der Waals surface area contributed by atoms with Crippen molar-refractivity contribution < 1.29 is 13.6 Å². The zero-order valence-electron chi connectivity index (χ0n) is 9.45. The van der Waals surface area contributed by atoms with Gasteiger partial charge in [-0.15, -0.1) is 0 Å². The Morgan fingerprint density at radius 3 is 2.63 bits per heavy atom. The molecule has 0 aliphatic rings. The minimum absolute atomic E-state index is 0.175. The van der Waals surface area contributed by atoms with E-state index >= 15 is 0 Å². The molecule has 4 nitrogen and oxygen atoms in total. The highest BCUT2D eigenvalue weighted by Gasteiger charge is 2.19. The molecule has 0 aliphatic heterocycles. The molecule has 2 aromatic rings. The second-order valence-electron chi connectivity index (χ2n) is 3.64. The van der Waals surface area contributed by atoms with Crippen molar-refractivity contribution in [1.82, 2.24) is 4.98 Å². The van der Waals surface area contributed by atoms with E-state index in [0.29, 0.717) is 4.47 Å². The number of nitrogens with zero attached hydrogens (tertiary/aromatic N) is 1. The van der Waals surface area contributed by atoms with Gasteiger partial charge in [-0.2, -0.15) is 0 Å². The number of nitrogens with two attached hydrogens (primary N) is 1. The number of hydrogen-bond acceptors (Lipinski definition) is 3. The quantitative estimate of drug-likeness (QED) is 0.833. The van der Waals surface area contributed by atoms with Gasteiger partial charge in [-0.1, -0.05) is 0 Å². The maximum absolute atomic E-state index is 13.6. The maximum atomic E-state index is 13.6. The number of amides is 1. The lowest BCUT2D eigenvalue weighted by molar-refractivity contribution is 0.101. The van der Waals surface area contributed by atoms with Crippen LogP contribution in [0.4, 0.5) is 20.3 Å². The highest BCUT2D eigenvalue weighted by Crippen LogP contribution is 2.20. The highest BCUT2D eigenvalue weighted by atomic mass is 79.9. The summed E-state index contributed by atoms with van der Waals surface area (Å²) in [6.45, 7) is 0. The normalized spacial score (nSPS) is 10.3. The van der Waals surface area contributed by atoms with Crippen LogP contribution in [-0.2, 0) is 0 Å². The number of aromatic nitrogens is 1. The Morgan fingerprint density at radius 2 is 2.00 bits per heavy atom. The summed E-state index contributed by atoms with van der Waals surface area (Å²) in [5, 5.41) is 2.29. The fourth-order valence-electron chi connectivity index (χ4n) is 1.41. The molecule has 98 valence electrons. The minimum Gasteiger partial charge on any atom is -0.396 e. The Morgan fingerprint density at radius 1 is 1.26 bits per heavy atom. The lowest BCUT2D eigenvalue weighted by atomic mass is 10.1. The SMILES string of the molecule is Nc1ccc(F)c(C(=O)Nc2ccc(Br)cn2)c1F. The molecule has 1 aromatic heterocycles. The third kappa shape index (κ3) is 2.87. The zero-order chi connectivity index (χ0) is 14.0. The molecule has 2 rings (SSSR count). The van der Waals surface area contributed by atoms with E-state index in [1.165, 1.54) is 12.3 Å². The van der Waals surface area contributed by atoms with Crippen LogP contribution in [0.25, 0.3) is 0 Å². The summed E-state index contributed by atoms with van der Waals surface area (Å²) < 4.78 is 27.8. The van der Waals surface area contributed by atoms with Crippen molar-refractivity contribution in [2.24, 2.45) is 0 Å². The molecular formula is C12H8BrF2N3O. The van der Waals surface area contributed by atoms with Crippen molar-refractivity contribution in [3.63, 3.8) is 0 Å². The number of halogens is 3. The first kappa shape index (κ1) is 13.4. The zero-order valence-corrected chi connectivity index (χ0v) is 11.0. The summed E-state index contributed by atoms with van der Waals surface area (Å²) >= 11 is 3.18. The molecular weight excluding hydrogens is 320 g/mol. The second-order valence-corrected chi connectivity index (χ2v) is 4.56. The van der Waals surface area contributed by atoms with Crippen molar-refractivity contribution in [3.8, 4) is 0 Å². The van der Waals surface area contributed by atoms with E-state index in [1.54, 1.807) is 6.07 Å². The summed E-state index contributed by atoms with van der Waals surface area (Å²) in [4.78, 5) is 15.7. The molecule has 1 aromatic carbocycles. The number of benzene rings is 1. The Labute approximate surface area is 115 Å². The third-order valence-corrected chi connectivity index (χ3v) is 2.79. The van der Waals surface area contributed by atoms with Crippen LogP contribution in [0.2, 0.25) is 0 Å². The van der Waals surface area contributed by atoms with E-state index in [0.717, 1.165) is 12.1 Å². The Balaban J connectivity index is 2.30. The largest absolute Gasteiger partial charge is 0.396 e. The average Bonchev–Trinajstić information content (AvgIpc) is 2.37. The van der Waals surface area contributed by atoms with Gasteiger partial charge in [-0.05, 0) is 40.2 Å². The number of carbonyl (C=O) groups is 1. The van der Waals surface area contributed by atoms with Gasteiger partial charge in [0.15, 0.2) is 5.82 Å². The van der Waals surface area contributed by atoms with Crippen LogP contribution in [0, 0.1) is 11.6 Å². The number of nitrogen functional groups attached to an aromatic ring is 1. The van der Waals surface area contributed by atoms with Crippen LogP contribution in [0.3, 0.4) is 0 Å². The van der Waals surface area contributed by atoms with E-state index in [4.69, 9.17) is 5.73 Å². The summed E-state index contributed by atoms with van der Waals surface area (Å²) in [5.74, 6) is -2.84. The van der Waals surface area contributed by atoms with E-state index in [1.807, 2.05) is 0 Å². The maximum Gasteiger partial charge on any atom is 0.262 e. The van der Waals surface area contributed by atoms with Crippen LogP contribution in [0.15, 0.2) is 34.9 Å². The van der Waals surface area contributed by atoms with Gasteiger partial charge in [0, 0.05) is 10.7 Å². The number of rotatable bonds is 2. The smallest absolute Gasteiger partial charge is 0.262 e. The van der Waals surface area contributed by atoms with Crippen LogP contribution in [0.1, 0.15) is 10.4 Å². The number of nitrogens with one attached hydrogen (secondary N) is 1. The molecule has 0 aliphatic carbocycles. The first-order valence-electron chi connectivity index (χ1n) is 5.15. The molecule has 0 unspecified atom stereocenters. The molecule has 0 saturated carbocycles. The predicted molar refractivity (Wildman–Crippen MR) is 70.7 cm³/mol. The molecule has 1 heterocycles. The molecule has 1 amide bonds. The van der Waals surface area contributed by atoms with Gasteiger partial charge in [0.25, 0.3) is 5.91 Å². The highest BCUT2D eigenvalue weighted by molar-refractivity contribution is 9.10. The molecule has 0 fully saturated rings. The van der Waals surface area contributed by atoms with Crippen molar-refractivity contribution in [1.29, 1.82) is 0 Å². The van der Waals surface area contributed by atoms with Gasteiger partial charge in [0.2, 0.25) is 0 Å². The number of anilines is 2. The summed E-state index contributed by atoms with van der Waals surface area (Å²) in [6, 6.07) is 5.11. The molecule has 0 spiro atoms. The standard InChI is InChI=1S/C12H8BrF2N3O/c13-6-1-4-9(17-5-6)18-12(19)10-7(14)2-3-8(16)11(10)15/h1-5H,16H2,(H,17,18,19). The third-order valence-electron chi connectivity index (χ3n) is 2.32. The van der Waals surface area contributed by atoms with Crippen LogP contribution in [-0.4, -0.2) is 10.9 Å². The van der Waals surface area contributed by atoms with Crippen molar-refractivity contribution >= 4 is 33.3 Å². The monoisotopic (exact) mass is 327 g/mol. The number of carbonyl (C=O) groups excluding carboxylic acids is 1. The molecule has 0 saturated heterocycles. The van der Waals surface area contributed by atoms with Gasteiger partial charge < -0.3 is 11.1 Å². The number of hydrogen-bond donors (Lipinski definition) is 2. The van der Waals surface area contributed by atoms with Crippen LogP contribution in [0.5, 0.6) is 0 Å². The minimum atomic E-state index is -1.09. The Kier molecular flexibility index (Phi) is 3.75. The second kappa shape index (κ2) is 5.31. The fourth-order valence-corrected chi connectivity index (χ4v) is 1.64. The molecule has 0 bridgehead atoms. The van der Waals surface area contributed by atoms with Crippen molar-refractivity contribution in [2.75, 3.05) is 11.1 Å². The predicted octanol–water partition coefficient (Wildman–Crippen LogP) is 2.96. The molecule has 7 heteroatoms. The Hall–Kier alpha value is -2.02. The summed E-state index contributed by atoms with van der Waals surface area (Å²) in [6.07, 6.45) is 1.45. The lowest BCUT2D eigenvalue weighted by Crippen LogP contribution is -2.17.